The van der Waals surface area contributed by atoms with Crippen LogP contribution >= 0.6 is 0 Å². The second-order valence-corrected chi connectivity index (χ2v) is 16.8. The Bertz CT molecular complexity index is 550. The minimum Gasteiger partial charge on any atom is -0.479 e. The highest BCUT2D eigenvalue weighted by atomic mass is 28.4. The third-order valence-corrected chi connectivity index (χ3v) is 12.5. The number of carboxylic acids is 1. The molecule has 0 unspecified atom stereocenters. The van der Waals surface area contributed by atoms with Crippen LogP contribution in [0.4, 0.5) is 0 Å². The van der Waals surface area contributed by atoms with Crippen molar-refractivity contribution in [2.45, 2.75) is 155 Å². The van der Waals surface area contributed by atoms with Crippen molar-refractivity contribution in [3.8, 4) is 0 Å². The normalized spacial score (nSPS) is 19.8. The van der Waals surface area contributed by atoms with E-state index in [0.717, 1.165) is 24.7 Å². The molecule has 0 aromatic heterocycles. The smallest absolute Gasteiger partial charge is 0.331 e. The number of carboxylic acid groups (broad SMARTS) is 1. The van der Waals surface area contributed by atoms with E-state index in [-0.39, 0.29) is 5.04 Å². The number of hydrogen-bond donors (Lipinski definition) is 1. The molecule has 0 radical (unpaired) electrons. The van der Waals surface area contributed by atoms with Crippen LogP contribution in [0.5, 0.6) is 0 Å². The summed E-state index contributed by atoms with van der Waals surface area (Å²) in [7, 11) is -2.05. The number of unbranched alkanes of at least 4 members (excludes halogenated alkanes) is 9. The summed E-state index contributed by atoms with van der Waals surface area (Å²) in [4.78, 5) is 11.6. The van der Waals surface area contributed by atoms with Crippen LogP contribution in [-0.4, -0.2) is 25.5 Å². The van der Waals surface area contributed by atoms with E-state index in [4.69, 9.17) is 4.43 Å². The van der Waals surface area contributed by atoms with Crippen molar-refractivity contribution in [1.29, 1.82) is 0 Å². The van der Waals surface area contributed by atoms with E-state index in [1.165, 1.54) is 83.5 Å². The molecule has 1 aliphatic rings. The summed E-state index contributed by atoms with van der Waals surface area (Å²) in [6, 6.07) is 0. The summed E-state index contributed by atoms with van der Waals surface area (Å²) in [6.07, 6.45) is 24.6. The molecule has 0 aliphatic heterocycles. The van der Waals surface area contributed by atoms with Crippen molar-refractivity contribution >= 4 is 14.3 Å². The molecule has 194 valence electrons. The zero-order chi connectivity index (χ0) is 24.7. The van der Waals surface area contributed by atoms with Crippen LogP contribution in [0.1, 0.15) is 130 Å². The van der Waals surface area contributed by atoms with Crippen LogP contribution in [-0.2, 0) is 9.22 Å². The Morgan fingerprint density at radius 1 is 0.909 bits per heavy atom. The van der Waals surface area contributed by atoms with Gasteiger partial charge < -0.3 is 9.53 Å². The fourth-order valence-corrected chi connectivity index (χ4v) is 5.76. The van der Waals surface area contributed by atoms with Gasteiger partial charge in [-0.05, 0) is 62.1 Å². The van der Waals surface area contributed by atoms with Crippen LogP contribution < -0.4 is 0 Å². The van der Waals surface area contributed by atoms with Crippen molar-refractivity contribution in [3.63, 3.8) is 0 Å². The number of allylic oxidation sites excluding steroid dienone is 2. The number of aliphatic carboxylic acids is 1. The van der Waals surface area contributed by atoms with Crippen molar-refractivity contribution in [3.05, 3.63) is 12.2 Å². The highest BCUT2D eigenvalue weighted by Gasteiger charge is 2.40. The zero-order valence-corrected chi connectivity index (χ0v) is 24.0. The third-order valence-electron chi connectivity index (χ3n) is 7.97. The summed E-state index contributed by atoms with van der Waals surface area (Å²) >= 11 is 0. The Morgan fingerprint density at radius 3 is 1.97 bits per heavy atom. The summed E-state index contributed by atoms with van der Waals surface area (Å²) in [5.41, 5.74) is 0. The molecule has 0 heterocycles. The lowest BCUT2D eigenvalue weighted by Crippen LogP contribution is -2.46. The largest absolute Gasteiger partial charge is 0.479 e. The first-order valence-electron chi connectivity index (χ1n) is 14.1. The first-order valence-corrected chi connectivity index (χ1v) is 17.0. The maximum absolute atomic E-state index is 11.6. The first-order chi connectivity index (χ1) is 15.6. The number of rotatable bonds is 20. The SMILES string of the molecule is CCCCCCCCCC[C@@H]1C[C@@H]1CCCC/C=C\CC[C@@H](O[Si](C)(C)C(C)(C)C)C(=O)O. The predicted octanol–water partition coefficient (Wildman–Crippen LogP) is 9.53. The van der Waals surface area contributed by atoms with E-state index in [1.54, 1.807) is 0 Å². The molecule has 1 fully saturated rings. The van der Waals surface area contributed by atoms with Crippen LogP contribution in [0.25, 0.3) is 0 Å². The van der Waals surface area contributed by atoms with E-state index in [9.17, 15) is 9.90 Å². The first kappa shape index (κ1) is 30.4. The monoisotopic (exact) mass is 480 g/mol. The Morgan fingerprint density at radius 2 is 1.42 bits per heavy atom. The van der Waals surface area contributed by atoms with Gasteiger partial charge in [0.25, 0.3) is 0 Å². The van der Waals surface area contributed by atoms with Gasteiger partial charge in [-0.1, -0.05) is 110 Å². The molecule has 0 aromatic carbocycles. The van der Waals surface area contributed by atoms with Crippen LogP contribution in [0.3, 0.4) is 0 Å². The molecule has 3 atom stereocenters. The van der Waals surface area contributed by atoms with Gasteiger partial charge in [0.1, 0.15) is 6.10 Å². The van der Waals surface area contributed by atoms with E-state index < -0.39 is 20.4 Å². The van der Waals surface area contributed by atoms with Gasteiger partial charge in [-0.3, -0.25) is 0 Å². The average Bonchev–Trinajstić information content (AvgIpc) is 3.48. The molecule has 1 rings (SSSR count). The molecule has 0 amide bonds. The van der Waals surface area contributed by atoms with Gasteiger partial charge in [-0.2, -0.15) is 0 Å². The van der Waals surface area contributed by atoms with Crippen molar-refractivity contribution in [1.82, 2.24) is 0 Å². The van der Waals surface area contributed by atoms with E-state index in [2.05, 4.69) is 52.9 Å². The highest BCUT2D eigenvalue weighted by Crippen LogP contribution is 2.45. The Hall–Kier alpha value is -0.613. The number of carbonyl (C=O) groups is 1. The van der Waals surface area contributed by atoms with Crippen LogP contribution in [0.15, 0.2) is 12.2 Å². The maximum atomic E-state index is 11.6. The quantitative estimate of drug-likeness (QED) is 0.107. The van der Waals surface area contributed by atoms with Gasteiger partial charge >= 0.3 is 5.97 Å². The minimum atomic E-state index is -2.05. The van der Waals surface area contributed by atoms with Gasteiger partial charge in [0.15, 0.2) is 8.32 Å². The predicted molar refractivity (Wildman–Crippen MR) is 145 cm³/mol. The summed E-state index contributed by atoms with van der Waals surface area (Å²) < 4.78 is 6.12. The fourth-order valence-electron chi connectivity index (χ4n) is 4.48. The van der Waals surface area contributed by atoms with Crippen molar-refractivity contribution in [2.24, 2.45) is 11.8 Å². The molecule has 3 nitrogen and oxygen atoms in total. The summed E-state index contributed by atoms with van der Waals surface area (Å²) in [5, 5.41) is 9.58. The lowest BCUT2D eigenvalue weighted by atomic mass is 10.0. The zero-order valence-electron chi connectivity index (χ0n) is 23.0. The van der Waals surface area contributed by atoms with Gasteiger partial charge in [0, 0.05) is 0 Å². The second kappa shape index (κ2) is 16.1. The Balaban J connectivity index is 2.02. The van der Waals surface area contributed by atoms with Gasteiger partial charge in [-0.15, -0.1) is 0 Å². The standard InChI is InChI=1S/C29H56O3Si/c1-7-8-9-10-11-12-15-18-21-25-24-26(25)22-19-16-13-14-17-20-23-27(28(30)31)32-33(5,6)29(2,3)4/h14,17,25-27H,7-13,15-16,18-24H2,1-6H3,(H,30,31)/b17-14-/t25-,26+,27-/m1/s1. The maximum Gasteiger partial charge on any atom is 0.331 e. The molecule has 0 saturated heterocycles. The van der Waals surface area contributed by atoms with E-state index in [1.807, 2.05) is 0 Å². The molecule has 0 bridgehead atoms. The minimum absolute atomic E-state index is 0.0327. The number of hydrogen-bond acceptors (Lipinski definition) is 2. The van der Waals surface area contributed by atoms with Gasteiger partial charge in [0.2, 0.25) is 0 Å². The van der Waals surface area contributed by atoms with Crippen LogP contribution in [0.2, 0.25) is 18.1 Å². The highest BCUT2D eigenvalue weighted by molar-refractivity contribution is 6.74. The average molecular weight is 481 g/mol. The summed E-state index contributed by atoms with van der Waals surface area (Å²) in [6.45, 7) is 13.0. The lowest BCUT2D eigenvalue weighted by molar-refractivity contribution is -0.145. The molecule has 1 saturated carbocycles. The third kappa shape index (κ3) is 13.8. The molecule has 33 heavy (non-hydrogen) atoms. The van der Waals surface area contributed by atoms with Gasteiger partial charge in [-0.25, -0.2) is 4.79 Å². The van der Waals surface area contributed by atoms with Crippen molar-refractivity contribution in [2.75, 3.05) is 0 Å². The molecule has 1 N–H and O–H groups in total. The van der Waals surface area contributed by atoms with Crippen LogP contribution in [0, 0.1) is 11.8 Å². The van der Waals surface area contributed by atoms with E-state index in [0.29, 0.717) is 6.42 Å². The molecule has 4 heteroatoms. The molecular weight excluding hydrogens is 424 g/mol. The second-order valence-electron chi connectivity index (χ2n) is 12.1. The topological polar surface area (TPSA) is 46.5 Å². The Kier molecular flexibility index (Phi) is 14.9. The van der Waals surface area contributed by atoms with Gasteiger partial charge in [0.05, 0.1) is 0 Å². The molecule has 0 aromatic rings. The Labute approximate surface area is 207 Å². The molecular formula is C29H56O3Si. The molecule has 0 spiro atoms. The lowest BCUT2D eigenvalue weighted by Gasteiger charge is -2.38. The fraction of sp³-hybridized carbons (Fsp3) is 0.897. The van der Waals surface area contributed by atoms with E-state index >= 15 is 0 Å². The summed E-state index contributed by atoms with van der Waals surface area (Å²) in [5.74, 6) is 1.23. The molecule has 1 aliphatic carbocycles. The van der Waals surface area contributed by atoms with Crippen molar-refractivity contribution < 1.29 is 14.3 Å².